The molecule has 3 amide bonds. The Labute approximate surface area is 433 Å². The molecule has 382 valence electrons. The van der Waals surface area contributed by atoms with Crippen LogP contribution in [0.2, 0.25) is 0 Å². The quantitative estimate of drug-likeness (QED) is 0.0449. The molecular weight excluding hydrogens is 992 g/mol. The molecule has 17 nitrogen and oxygen atoms in total. The van der Waals surface area contributed by atoms with Gasteiger partial charge in [0, 0.05) is 30.8 Å². The van der Waals surface area contributed by atoms with E-state index < -0.39 is 59.2 Å². The number of aromatic nitrogens is 5. The van der Waals surface area contributed by atoms with Gasteiger partial charge in [-0.1, -0.05) is 80.6 Å². The van der Waals surface area contributed by atoms with Crippen molar-refractivity contribution in [2.45, 2.75) is 97.9 Å². The number of β-amino-alcohol motifs (C(OH)–C–C–N with tert-alkyl or cyclic N) is 1. The van der Waals surface area contributed by atoms with Crippen LogP contribution in [0, 0.1) is 25.1 Å². The SMILES string of the molecule is Cc1cc(N(CCCC(=O)N[C@H](C(=O)N2C[C@H](O)CC2C(=O)N[C@@H](C)c2ccc(-c3scnc3C)cc2)C(C)(C)C)c2nc(C(=O)O)c(CCCOc3ccccc3F)s2)nnc1Nc1nc2ccccc2s1. The van der Waals surface area contributed by atoms with Crippen molar-refractivity contribution in [1.29, 1.82) is 0 Å². The average molecular weight is 1050 g/mol. The summed E-state index contributed by atoms with van der Waals surface area (Å²) in [6.45, 7) is 11.3. The lowest BCUT2D eigenvalue weighted by atomic mass is 9.85. The van der Waals surface area contributed by atoms with E-state index in [1.54, 1.807) is 39.9 Å². The third-order valence-corrected chi connectivity index (χ3v) is 15.4. The van der Waals surface area contributed by atoms with E-state index in [9.17, 15) is 33.8 Å². The van der Waals surface area contributed by atoms with Gasteiger partial charge >= 0.3 is 5.97 Å². The number of ether oxygens (including phenoxy) is 1. The predicted octanol–water partition coefficient (Wildman–Crippen LogP) is 9.16. The van der Waals surface area contributed by atoms with Gasteiger partial charge in [0.1, 0.15) is 12.1 Å². The average Bonchev–Trinajstić information content (AvgIpc) is 4.17. The minimum absolute atomic E-state index is 0.0411. The molecule has 1 aliphatic heterocycles. The van der Waals surface area contributed by atoms with Crippen molar-refractivity contribution in [1.82, 2.24) is 40.7 Å². The van der Waals surface area contributed by atoms with Crippen LogP contribution in [-0.2, 0) is 20.8 Å². The Bertz CT molecular complexity index is 3070. The second-order valence-electron chi connectivity index (χ2n) is 18.9. The molecule has 1 aliphatic rings. The molecule has 0 aliphatic carbocycles. The number of aromatic carboxylic acids is 1. The van der Waals surface area contributed by atoms with Gasteiger partial charge in [-0.25, -0.2) is 24.1 Å². The topological polar surface area (TPSA) is 225 Å². The number of carboxylic acids is 1. The lowest BCUT2D eigenvalue weighted by molar-refractivity contribution is -0.144. The third-order valence-electron chi connectivity index (χ3n) is 12.4. The van der Waals surface area contributed by atoms with Crippen LogP contribution in [0.5, 0.6) is 5.75 Å². The number of hydrogen-bond donors (Lipinski definition) is 5. The number of aryl methyl sites for hydroxylation is 3. The van der Waals surface area contributed by atoms with Gasteiger partial charge in [-0.3, -0.25) is 14.4 Å². The number of carbonyl (C=O) groups is 4. The number of amides is 3. The molecule has 4 aromatic heterocycles. The zero-order valence-corrected chi connectivity index (χ0v) is 43.7. The van der Waals surface area contributed by atoms with Crippen LogP contribution < -0.4 is 25.6 Å². The van der Waals surface area contributed by atoms with Gasteiger partial charge in [0.15, 0.2) is 39.2 Å². The number of carbonyl (C=O) groups excluding carboxylic acids is 3. The Kier molecular flexibility index (Phi) is 16.4. The molecule has 21 heteroatoms. The van der Waals surface area contributed by atoms with Crippen LogP contribution in [-0.4, -0.2) is 102 Å². The summed E-state index contributed by atoms with van der Waals surface area (Å²) in [6.07, 6.45) is -0.0856. The molecule has 7 aromatic rings. The van der Waals surface area contributed by atoms with E-state index in [1.165, 1.54) is 28.4 Å². The number of aliphatic hydroxyl groups is 1. The number of likely N-dealkylation sites (tertiary alicyclic amines) is 1. The summed E-state index contributed by atoms with van der Waals surface area (Å²) in [6, 6.07) is 21.0. The van der Waals surface area contributed by atoms with E-state index in [0.29, 0.717) is 38.8 Å². The first-order valence-electron chi connectivity index (χ1n) is 23.9. The predicted molar refractivity (Wildman–Crippen MR) is 282 cm³/mol. The van der Waals surface area contributed by atoms with Gasteiger partial charge in [0.05, 0.1) is 45.1 Å². The highest BCUT2D eigenvalue weighted by atomic mass is 32.1. The fourth-order valence-electron chi connectivity index (χ4n) is 8.48. The number of nitrogens with zero attached hydrogens (tertiary/aromatic N) is 7. The van der Waals surface area contributed by atoms with Gasteiger partial charge < -0.3 is 40.7 Å². The van der Waals surface area contributed by atoms with E-state index >= 15 is 0 Å². The van der Waals surface area contributed by atoms with Crippen molar-refractivity contribution in [3.05, 3.63) is 118 Å². The Hall–Kier alpha value is -6.94. The van der Waals surface area contributed by atoms with Crippen molar-refractivity contribution in [2.75, 3.05) is 29.9 Å². The standard InChI is InChI=1S/C52H57FN10O7S3/c1-29-25-41(60-61-46(29)59-50-56-36-14-8-10-16-39(36)72-50)62(51-58-43(49(68)69)40(73-51)17-12-24-70-38-15-9-7-13-35(38)53)23-11-18-42(65)57-45(52(4,5)6)48(67)63-27-34(64)26-37(63)47(66)55-30(2)32-19-21-33(22-20-32)44-31(3)54-28-71-44/h7-10,13-16,19-22,25,28,30,34,37,45,64H,11-12,17-18,23-24,26-27H2,1-6H3,(H,55,66)(H,57,65)(H,68,69)(H,56,59,61)/t30-,34+,37?,45+/m0/s1. The van der Waals surface area contributed by atoms with Crippen molar-refractivity contribution >= 4 is 89.8 Å². The normalized spacial score (nSPS) is 15.5. The van der Waals surface area contributed by atoms with Crippen molar-refractivity contribution in [3.63, 3.8) is 0 Å². The molecule has 0 spiro atoms. The van der Waals surface area contributed by atoms with Crippen molar-refractivity contribution in [3.8, 4) is 16.2 Å². The van der Waals surface area contributed by atoms with Crippen molar-refractivity contribution in [2.24, 2.45) is 5.41 Å². The first kappa shape index (κ1) is 52.4. The summed E-state index contributed by atoms with van der Waals surface area (Å²) in [4.78, 5) is 73.0. The molecule has 5 heterocycles. The van der Waals surface area contributed by atoms with Crippen LogP contribution in [0.1, 0.15) is 91.6 Å². The molecule has 73 heavy (non-hydrogen) atoms. The Balaban J connectivity index is 0.957. The fourth-order valence-corrected chi connectivity index (χ4v) is 11.3. The van der Waals surface area contributed by atoms with Crippen LogP contribution in [0.4, 0.5) is 26.3 Å². The summed E-state index contributed by atoms with van der Waals surface area (Å²) in [5, 5.41) is 40.3. The molecular formula is C52H57FN10O7S3. The number of nitrogens with one attached hydrogen (secondary N) is 3. The molecule has 1 fully saturated rings. The zero-order chi connectivity index (χ0) is 52.0. The molecule has 1 saturated heterocycles. The second-order valence-corrected chi connectivity index (χ2v) is 21.9. The number of halogens is 1. The maximum Gasteiger partial charge on any atom is 0.355 e. The maximum absolute atomic E-state index is 14.5. The third kappa shape index (κ3) is 12.6. The number of aliphatic hydroxyl groups excluding tert-OH is 1. The summed E-state index contributed by atoms with van der Waals surface area (Å²) >= 11 is 4.18. The summed E-state index contributed by atoms with van der Waals surface area (Å²) in [7, 11) is 0. The second kappa shape index (κ2) is 22.9. The van der Waals surface area contributed by atoms with Crippen LogP contribution >= 0.6 is 34.0 Å². The highest BCUT2D eigenvalue weighted by molar-refractivity contribution is 7.22. The number of para-hydroxylation sites is 2. The number of thiazole rings is 3. The number of rotatable bonds is 20. The van der Waals surface area contributed by atoms with E-state index in [2.05, 4.69) is 41.1 Å². The van der Waals surface area contributed by atoms with E-state index in [-0.39, 0.29) is 56.8 Å². The summed E-state index contributed by atoms with van der Waals surface area (Å²) in [5.74, 6) is -2.14. The van der Waals surface area contributed by atoms with Gasteiger partial charge in [-0.05, 0) is 92.5 Å². The molecule has 0 bridgehead atoms. The molecule has 0 saturated carbocycles. The fraction of sp³-hybridized carbons (Fsp3) is 0.365. The Morgan fingerprint density at radius 3 is 2.41 bits per heavy atom. The first-order valence-corrected chi connectivity index (χ1v) is 26.4. The van der Waals surface area contributed by atoms with Crippen LogP contribution in [0.15, 0.2) is 84.4 Å². The number of anilines is 4. The monoisotopic (exact) mass is 1050 g/mol. The highest BCUT2D eigenvalue weighted by Crippen LogP contribution is 2.35. The summed E-state index contributed by atoms with van der Waals surface area (Å²) < 4.78 is 20.8. The van der Waals surface area contributed by atoms with Gasteiger partial charge in [-0.2, -0.15) is 0 Å². The first-order chi connectivity index (χ1) is 34.9. The Morgan fingerprint density at radius 1 is 0.959 bits per heavy atom. The number of hydrogen-bond acceptors (Lipinski definition) is 16. The zero-order valence-electron chi connectivity index (χ0n) is 41.2. The molecule has 0 radical (unpaired) electrons. The molecule has 1 unspecified atom stereocenters. The summed E-state index contributed by atoms with van der Waals surface area (Å²) in [5.41, 5.74) is 5.24. The van der Waals surface area contributed by atoms with E-state index in [0.717, 1.165) is 43.3 Å². The lowest BCUT2D eigenvalue weighted by Crippen LogP contribution is -2.57. The number of fused-ring (bicyclic) bond motifs is 1. The smallest absolute Gasteiger partial charge is 0.355 e. The Morgan fingerprint density at radius 2 is 1.71 bits per heavy atom. The largest absolute Gasteiger partial charge is 0.491 e. The minimum atomic E-state index is -1.23. The van der Waals surface area contributed by atoms with Crippen LogP contribution in [0.3, 0.4) is 0 Å². The van der Waals surface area contributed by atoms with Crippen molar-refractivity contribution < 1.29 is 38.5 Å². The highest BCUT2D eigenvalue weighted by Gasteiger charge is 2.44. The van der Waals surface area contributed by atoms with Gasteiger partial charge in [-0.15, -0.1) is 32.9 Å². The lowest BCUT2D eigenvalue weighted by Gasteiger charge is -2.35. The molecule has 3 aromatic carbocycles. The number of carboxylic acid groups (broad SMARTS) is 1. The number of benzene rings is 3. The molecule has 5 N–H and O–H groups in total. The van der Waals surface area contributed by atoms with E-state index in [4.69, 9.17) is 4.74 Å². The molecule has 8 rings (SSSR count). The minimum Gasteiger partial charge on any atom is -0.491 e. The van der Waals surface area contributed by atoms with Gasteiger partial charge in [0.25, 0.3) is 0 Å². The van der Waals surface area contributed by atoms with E-state index in [1.807, 2.05) is 90.1 Å². The van der Waals surface area contributed by atoms with Gasteiger partial charge in [0.2, 0.25) is 17.7 Å². The maximum atomic E-state index is 14.5. The molecule has 4 atom stereocenters. The van der Waals surface area contributed by atoms with Crippen LogP contribution in [0.25, 0.3) is 20.7 Å².